The summed E-state index contributed by atoms with van der Waals surface area (Å²) in [6.45, 7) is 17.8. The number of aliphatic hydroxyl groups is 1. The van der Waals surface area contributed by atoms with Gasteiger partial charge in [-0.25, -0.2) is 0 Å². The van der Waals surface area contributed by atoms with E-state index in [1.807, 2.05) is 0 Å². The monoisotopic (exact) mass is 312 g/mol. The van der Waals surface area contributed by atoms with Crippen molar-refractivity contribution in [3.05, 3.63) is 0 Å². The van der Waals surface area contributed by atoms with Crippen molar-refractivity contribution < 1.29 is 9.84 Å². The lowest BCUT2D eigenvalue weighted by atomic mass is 9.60. The molecule has 22 heavy (non-hydrogen) atoms. The zero-order valence-corrected chi connectivity index (χ0v) is 16.4. The normalized spacial score (nSPS) is 23.9. The molecule has 132 valence electrons. The molecule has 1 fully saturated rings. The predicted molar refractivity (Wildman–Crippen MR) is 94.8 cm³/mol. The van der Waals surface area contributed by atoms with Crippen molar-refractivity contribution in [1.29, 1.82) is 0 Å². The van der Waals surface area contributed by atoms with Crippen molar-refractivity contribution >= 4 is 0 Å². The van der Waals surface area contributed by atoms with E-state index in [2.05, 4.69) is 55.4 Å². The highest BCUT2D eigenvalue weighted by Crippen LogP contribution is 2.51. The molecule has 0 amide bonds. The molecule has 2 atom stereocenters. The van der Waals surface area contributed by atoms with Crippen molar-refractivity contribution in [3.63, 3.8) is 0 Å². The molecule has 1 saturated carbocycles. The minimum absolute atomic E-state index is 0.0106. The molecule has 2 unspecified atom stereocenters. The van der Waals surface area contributed by atoms with Gasteiger partial charge in [-0.15, -0.1) is 0 Å². The third-order valence-corrected chi connectivity index (χ3v) is 5.93. The van der Waals surface area contributed by atoms with Gasteiger partial charge in [0.2, 0.25) is 0 Å². The van der Waals surface area contributed by atoms with Crippen molar-refractivity contribution in [2.75, 3.05) is 0 Å². The second-order valence-electron chi connectivity index (χ2n) is 9.97. The highest BCUT2D eigenvalue weighted by Gasteiger charge is 2.49. The fourth-order valence-electron chi connectivity index (χ4n) is 3.94. The van der Waals surface area contributed by atoms with Gasteiger partial charge in [-0.2, -0.15) is 0 Å². The molecule has 0 aromatic heterocycles. The molecule has 0 aromatic rings. The number of hydrogen-bond donors (Lipinski definition) is 1. The van der Waals surface area contributed by atoms with Gasteiger partial charge in [0.15, 0.2) is 6.29 Å². The van der Waals surface area contributed by atoms with Crippen LogP contribution in [0.25, 0.3) is 0 Å². The minimum atomic E-state index is -0.704. The van der Waals surface area contributed by atoms with Crippen LogP contribution in [0.4, 0.5) is 0 Å². The van der Waals surface area contributed by atoms with Crippen LogP contribution in [0.15, 0.2) is 0 Å². The van der Waals surface area contributed by atoms with E-state index in [1.54, 1.807) is 0 Å². The zero-order valence-electron chi connectivity index (χ0n) is 16.4. The summed E-state index contributed by atoms with van der Waals surface area (Å²) in [4.78, 5) is 0. The second-order valence-corrected chi connectivity index (χ2v) is 9.97. The van der Waals surface area contributed by atoms with Gasteiger partial charge >= 0.3 is 0 Å². The number of aliphatic hydroxyl groups excluding tert-OH is 1. The van der Waals surface area contributed by atoms with Crippen LogP contribution in [0.2, 0.25) is 0 Å². The molecule has 0 spiro atoms. The highest BCUT2D eigenvalue weighted by atomic mass is 16.6. The van der Waals surface area contributed by atoms with Crippen molar-refractivity contribution in [1.82, 2.24) is 0 Å². The van der Waals surface area contributed by atoms with Crippen LogP contribution < -0.4 is 0 Å². The topological polar surface area (TPSA) is 29.5 Å². The fraction of sp³-hybridized carbons (Fsp3) is 1.00. The molecule has 0 radical (unpaired) electrons. The Bertz CT molecular complexity index is 342. The van der Waals surface area contributed by atoms with E-state index in [0.717, 1.165) is 25.7 Å². The maximum Gasteiger partial charge on any atom is 0.161 e. The van der Waals surface area contributed by atoms with E-state index in [1.165, 1.54) is 19.3 Å². The van der Waals surface area contributed by atoms with Crippen LogP contribution in [0.5, 0.6) is 0 Å². The maximum atomic E-state index is 11.1. The Hall–Kier alpha value is -0.0800. The summed E-state index contributed by atoms with van der Waals surface area (Å²) < 4.78 is 6.42. The molecule has 1 aliphatic rings. The average molecular weight is 313 g/mol. The summed E-state index contributed by atoms with van der Waals surface area (Å²) in [7, 11) is 0. The second kappa shape index (κ2) is 6.81. The Morgan fingerprint density at radius 2 is 1.45 bits per heavy atom. The lowest BCUT2D eigenvalue weighted by molar-refractivity contribution is -0.269. The van der Waals surface area contributed by atoms with Gasteiger partial charge in [-0.3, -0.25) is 0 Å². The molecule has 1 aliphatic carbocycles. The Kier molecular flexibility index (Phi) is 6.18. The largest absolute Gasteiger partial charge is 0.367 e. The van der Waals surface area contributed by atoms with E-state index < -0.39 is 6.29 Å². The third-order valence-electron chi connectivity index (χ3n) is 5.93. The number of ether oxygens (including phenoxy) is 1. The molecule has 0 saturated heterocycles. The van der Waals surface area contributed by atoms with Crippen LogP contribution in [-0.2, 0) is 4.74 Å². The maximum absolute atomic E-state index is 11.1. The van der Waals surface area contributed by atoms with Gasteiger partial charge in [0.1, 0.15) is 0 Å². The van der Waals surface area contributed by atoms with Crippen molar-refractivity contribution in [2.24, 2.45) is 16.2 Å². The van der Waals surface area contributed by atoms with Gasteiger partial charge in [0, 0.05) is 5.41 Å². The highest BCUT2D eigenvalue weighted by molar-refractivity contribution is 4.94. The van der Waals surface area contributed by atoms with Gasteiger partial charge < -0.3 is 9.84 Å². The minimum Gasteiger partial charge on any atom is -0.367 e. The first kappa shape index (κ1) is 20.0. The molecule has 2 nitrogen and oxygen atoms in total. The van der Waals surface area contributed by atoms with E-state index >= 15 is 0 Å². The Labute approximate surface area is 139 Å². The first-order chi connectivity index (χ1) is 9.85. The Morgan fingerprint density at radius 3 is 1.82 bits per heavy atom. The summed E-state index contributed by atoms with van der Waals surface area (Å²) in [6.07, 6.45) is 7.19. The van der Waals surface area contributed by atoms with E-state index in [9.17, 15) is 5.11 Å². The molecular formula is C20H40O2. The first-order valence-electron chi connectivity index (χ1n) is 9.21. The smallest absolute Gasteiger partial charge is 0.161 e. The quantitative estimate of drug-likeness (QED) is 0.638. The molecule has 0 aromatic carbocycles. The Balaban J connectivity index is 2.99. The third kappa shape index (κ3) is 4.71. The number of hydrogen-bond acceptors (Lipinski definition) is 2. The van der Waals surface area contributed by atoms with Crippen LogP contribution >= 0.6 is 0 Å². The van der Waals surface area contributed by atoms with Crippen LogP contribution in [0.1, 0.15) is 100 Å². The molecule has 0 bridgehead atoms. The van der Waals surface area contributed by atoms with Gasteiger partial charge in [0.05, 0.1) is 5.60 Å². The van der Waals surface area contributed by atoms with Gasteiger partial charge in [0.25, 0.3) is 0 Å². The predicted octanol–water partition coefficient (Wildman–Crippen LogP) is 5.92. The molecule has 2 heteroatoms. The average Bonchev–Trinajstić information content (AvgIpc) is 2.36. The first-order valence-corrected chi connectivity index (χ1v) is 9.21. The van der Waals surface area contributed by atoms with Gasteiger partial charge in [-0.1, -0.05) is 74.7 Å². The lowest BCUT2D eigenvalue weighted by Gasteiger charge is -2.51. The summed E-state index contributed by atoms with van der Waals surface area (Å²) >= 11 is 0. The van der Waals surface area contributed by atoms with Gasteiger partial charge in [-0.05, 0) is 36.5 Å². The summed E-state index contributed by atoms with van der Waals surface area (Å²) in [5, 5.41) is 11.1. The summed E-state index contributed by atoms with van der Waals surface area (Å²) in [5.41, 5.74) is -0.214. The van der Waals surface area contributed by atoms with Crippen LogP contribution in [0.3, 0.4) is 0 Å². The van der Waals surface area contributed by atoms with E-state index in [0.29, 0.717) is 0 Å². The lowest BCUT2D eigenvalue weighted by Crippen LogP contribution is -2.51. The number of rotatable bonds is 5. The fourth-order valence-corrected chi connectivity index (χ4v) is 3.94. The molecular weight excluding hydrogens is 272 g/mol. The SMILES string of the molecule is CCC1(OC(O)C(C)(CC(C)(C)C)C(C)(C)C)CCCCC1. The standard InChI is InChI=1S/C20H40O2/c1-9-20(13-11-10-12-14-20)22-16(21)19(8,18(5,6)7)15-17(2,3)4/h16,21H,9-15H2,1-8H3. The van der Waals surface area contributed by atoms with Crippen LogP contribution in [0, 0.1) is 16.2 Å². The van der Waals surface area contributed by atoms with Crippen molar-refractivity contribution in [2.45, 2.75) is 112 Å². The summed E-state index contributed by atoms with van der Waals surface area (Å²) in [6, 6.07) is 0. The van der Waals surface area contributed by atoms with Crippen LogP contribution in [-0.4, -0.2) is 17.0 Å². The Morgan fingerprint density at radius 1 is 0.955 bits per heavy atom. The molecule has 1 N–H and O–H groups in total. The summed E-state index contributed by atoms with van der Waals surface area (Å²) in [5.74, 6) is 0. The van der Waals surface area contributed by atoms with E-state index in [-0.39, 0.29) is 21.8 Å². The van der Waals surface area contributed by atoms with Crippen molar-refractivity contribution in [3.8, 4) is 0 Å². The molecule has 0 aliphatic heterocycles. The molecule has 0 heterocycles. The molecule has 1 rings (SSSR count). The zero-order chi connectivity index (χ0) is 17.2. The van der Waals surface area contributed by atoms with E-state index in [4.69, 9.17) is 4.74 Å².